The van der Waals surface area contributed by atoms with Crippen LogP contribution >= 0.6 is 0 Å². The third-order valence-electron chi connectivity index (χ3n) is 3.68. The molecule has 0 aromatic carbocycles. The Labute approximate surface area is 95.3 Å². The van der Waals surface area contributed by atoms with E-state index in [0.29, 0.717) is 6.04 Å². The number of rotatable bonds is 5. The molecule has 0 saturated heterocycles. The molecule has 1 aliphatic carbocycles. The van der Waals surface area contributed by atoms with Gasteiger partial charge in [0.2, 0.25) is 0 Å². The van der Waals surface area contributed by atoms with Gasteiger partial charge in [-0.2, -0.15) is 0 Å². The molecule has 0 radical (unpaired) electrons. The summed E-state index contributed by atoms with van der Waals surface area (Å²) >= 11 is 0. The average molecular weight is 209 g/mol. The molecule has 0 spiro atoms. The van der Waals surface area contributed by atoms with Crippen molar-refractivity contribution in [3.8, 4) is 0 Å². The van der Waals surface area contributed by atoms with Crippen LogP contribution in [0.5, 0.6) is 0 Å². The molecule has 1 heteroatoms. The van der Waals surface area contributed by atoms with Crippen LogP contribution in [0.15, 0.2) is 12.2 Å². The Kier molecular flexibility index (Phi) is 5.38. The summed E-state index contributed by atoms with van der Waals surface area (Å²) in [6.07, 6.45) is 6.79. The van der Waals surface area contributed by atoms with Crippen LogP contribution in [0.3, 0.4) is 0 Å². The van der Waals surface area contributed by atoms with Gasteiger partial charge in [0, 0.05) is 6.04 Å². The lowest BCUT2D eigenvalue weighted by Gasteiger charge is -2.33. The van der Waals surface area contributed by atoms with Crippen LogP contribution in [-0.2, 0) is 0 Å². The lowest BCUT2D eigenvalue weighted by atomic mass is 9.77. The van der Waals surface area contributed by atoms with Gasteiger partial charge in [-0.25, -0.2) is 0 Å². The second-order valence-corrected chi connectivity index (χ2v) is 5.30. The predicted molar refractivity (Wildman–Crippen MR) is 68.0 cm³/mol. The normalized spacial score (nSPS) is 28.7. The highest BCUT2D eigenvalue weighted by molar-refractivity contribution is 5.05. The van der Waals surface area contributed by atoms with Gasteiger partial charge < -0.3 is 5.32 Å². The van der Waals surface area contributed by atoms with Crippen molar-refractivity contribution in [2.45, 2.75) is 58.9 Å². The molecule has 1 aliphatic rings. The maximum absolute atomic E-state index is 4.14. The van der Waals surface area contributed by atoms with Gasteiger partial charge in [0.25, 0.3) is 0 Å². The zero-order valence-corrected chi connectivity index (χ0v) is 10.7. The minimum absolute atomic E-state index is 0.567. The van der Waals surface area contributed by atoms with Crippen LogP contribution in [-0.4, -0.2) is 12.6 Å². The number of nitrogens with one attached hydrogen (secondary N) is 1. The van der Waals surface area contributed by atoms with Gasteiger partial charge in [0.15, 0.2) is 0 Å². The highest BCUT2D eigenvalue weighted by atomic mass is 14.9. The Bertz CT molecular complexity index is 190. The Balaban J connectivity index is 2.44. The average Bonchev–Trinajstić information content (AvgIpc) is 2.21. The maximum Gasteiger partial charge on any atom is 0.0302 e. The zero-order chi connectivity index (χ0) is 11.3. The van der Waals surface area contributed by atoms with Crippen LogP contribution in [0.4, 0.5) is 0 Å². The van der Waals surface area contributed by atoms with Crippen LogP contribution in [0.2, 0.25) is 0 Å². The molecule has 1 saturated carbocycles. The highest BCUT2D eigenvalue weighted by Crippen LogP contribution is 2.32. The Morgan fingerprint density at radius 1 is 1.33 bits per heavy atom. The third-order valence-corrected chi connectivity index (χ3v) is 3.68. The van der Waals surface area contributed by atoms with Crippen molar-refractivity contribution in [3.63, 3.8) is 0 Å². The van der Waals surface area contributed by atoms with Crippen LogP contribution in [0.25, 0.3) is 0 Å². The fourth-order valence-corrected chi connectivity index (χ4v) is 2.66. The van der Waals surface area contributed by atoms with Gasteiger partial charge in [0.1, 0.15) is 0 Å². The Morgan fingerprint density at radius 2 is 1.93 bits per heavy atom. The van der Waals surface area contributed by atoms with Gasteiger partial charge >= 0.3 is 0 Å². The van der Waals surface area contributed by atoms with E-state index in [1.54, 1.807) is 0 Å². The van der Waals surface area contributed by atoms with Crippen molar-refractivity contribution in [3.05, 3.63) is 12.2 Å². The van der Waals surface area contributed by atoms with E-state index in [9.17, 15) is 0 Å². The first-order valence-electron chi connectivity index (χ1n) is 6.54. The molecule has 0 heterocycles. The van der Waals surface area contributed by atoms with E-state index >= 15 is 0 Å². The fourth-order valence-electron chi connectivity index (χ4n) is 2.66. The lowest BCUT2D eigenvalue weighted by molar-refractivity contribution is 0.247. The molecule has 0 aromatic rings. The molecule has 1 unspecified atom stereocenters. The minimum Gasteiger partial charge on any atom is -0.310 e. The third kappa shape index (κ3) is 3.98. The van der Waals surface area contributed by atoms with Crippen molar-refractivity contribution in [2.75, 3.05) is 6.54 Å². The van der Waals surface area contributed by atoms with Crippen molar-refractivity contribution in [1.29, 1.82) is 0 Å². The van der Waals surface area contributed by atoms with Crippen LogP contribution in [0.1, 0.15) is 52.9 Å². The SMILES string of the molecule is C=C(C)C(NCCC)C1CCC(C)CC1. The summed E-state index contributed by atoms with van der Waals surface area (Å²) in [7, 11) is 0. The molecule has 1 fully saturated rings. The minimum atomic E-state index is 0.567. The summed E-state index contributed by atoms with van der Waals surface area (Å²) < 4.78 is 0. The van der Waals surface area contributed by atoms with E-state index in [-0.39, 0.29) is 0 Å². The van der Waals surface area contributed by atoms with Crippen molar-refractivity contribution in [1.82, 2.24) is 5.32 Å². The first kappa shape index (κ1) is 12.8. The molecule has 0 amide bonds. The Hall–Kier alpha value is -0.300. The van der Waals surface area contributed by atoms with E-state index in [2.05, 4.69) is 32.7 Å². The summed E-state index contributed by atoms with van der Waals surface area (Å²) in [5.74, 6) is 1.78. The number of hydrogen-bond acceptors (Lipinski definition) is 1. The molecule has 1 rings (SSSR count). The molecule has 15 heavy (non-hydrogen) atoms. The predicted octanol–water partition coefficient (Wildman–Crippen LogP) is 3.76. The molecule has 0 aliphatic heterocycles. The smallest absolute Gasteiger partial charge is 0.0302 e. The maximum atomic E-state index is 4.14. The molecule has 1 nitrogen and oxygen atoms in total. The molecule has 1 N–H and O–H groups in total. The van der Waals surface area contributed by atoms with Gasteiger partial charge in [-0.1, -0.05) is 38.8 Å². The summed E-state index contributed by atoms with van der Waals surface area (Å²) in [4.78, 5) is 0. The quantitative estimate of drug-likeness (QED) is 0.680. The van der Waals surface area contributed by atoms with Crippen molar-refractivity contribution >= 4 is 0 Å². The van der Waals surface area contributed by atoms with E-state index in [4.69, 9.17) is 0 Å². The highest BCUT2D eigenvalue weighted by Gasteiger charge is 2.25. The molecular weight excluding hydrogens is 182 g/mol. The van der Waals surface area contributed by atoms with E-state index in [1.807, 2.05) is 0 Å². The molecular formula is C14H27N. The van der Waals surface area contributed by atoms with Crippen LogP contribution < -0.4 is 5.32 Å². The monoisotopic (exact) mass is 209 g/mol. The van der Waals surface area contributed by atoms with Crippen LogP contribution in [0, 0.1) is 11.8 Å². The second-order valence-electron chi connectivity index (χ2n) is 5.30. The summed E-state index contributed by atoms with van der Waals surface area (Å²) in [5, 5.41) is 3.65. The Morgan fingerprint density at radius 3 is 2.40 bits per heavy atom. The molecule has 1 atom stereocenters. The van der Waals surface area contributed by atoms with Gasteiger partial charge in [-0.3, -0.25) is 0 Å². The summed E-state index contributed by atoms with van der Waals surface area (Å²) in [6.45, 7) is 12.0. The molecule has 88 valence electrons. The molecule has 0 aromatic heterocycles. The second kappa shape index (κ2) is 6.32. The first-order valence-corrected chi connectivity index (χ1v) is 6.54. The van der Waals surface area contributed by atoms with E-state index in [1.165, 1.54) is 37.7 Å². The topological polar surface area (TPSA) is 12.0 Å². The van der Waals surface area contributed by atoms with E-state index < -0.39 is 0 Å². The lowest BCUT2D eigenvalue weighted by Crippen LogP contribution is -2.39. The zero-order valence-electron chi connectivity index (χ0n) is 10.7. The summed E-state index contributed by atoms with van der Waals surface area (Å²) in [6, 6.07) is 0.567. The molecule has 0 bridgehead atoms. The first-order chi connectivity index (χ1) is 7.15. The van der Waals surface area contributed by atoms with Gasteiger partial charge in [0.05, 0.1) is 0 Å². The number of hydrogen-bond donors (Lipinski definition) is 1. The summed E-state index contributed by atoms with van der Waals surface area (Å²) in [5.41, 5.74) is 1.32. The van der Waals surface area contributed by atoms with Crippen molar-refractivity contribution in [2.24, 2.45) is 11.8 Å². The van der Waals surface area contributed by atoms with E-state index in [0.717, 1.165) is 18.4 Å². The standard InChI is InChI=1S/C14H27N/c1-5-10-15-14(11(2)3)13-8-6-12(4)7-9-13/h12-15H,2,5-10H2,1,3-4H3. The van der Waals surface area contributed by atoms with Crippen molar-refractivity contribution < 1.29 is 0 Å². The van der Waals surface area contributed by atoms with Gasteiger partial charge in [-0.05, 0) is 44.6 Å². The fraction of sp³-hybridized carbons (Fsp3) is 0.857. The van der Waals surface area contributed by atoms with Gasteiger partial charge in [-0.15, -0.1) is 0 Å². The largest absolute Gasteiger partial charge is 0.310 e.